The monoisotopic (exact) mass is 372 g/mol. The molecule has 2 aliphatic heterocycles. The number of sulfone groups is 1. The largest absolute Gasteiger partial charge is 0.346 e. The molecule has 0 radical (unpaired) electrons. The van der Waals surface area contributed by atoms with Gasteiger partial charge in [0.1, 0.15) is 0 Å². The molecular formula is C15H24N4O3S2. The van der Waals surface area contributed by atoms with Crippen molar-refractivity contribution in [3.05, 3.63) is 11.6 Å². The van der Waals surface area contributed by atoms with E-state index in [1.54, 1.807) is 23.3 Å². The van der Waals surface area contributed by atoms with Crippen molar-refractivity contribution >= 4 is 32.2 Å². The van der Waals surface area contributed by atoms with Gasteiger partial charge in [0.05, 0.1) is 17.5 Å². The molecule has 0 saturated carbocycles. The first-order chi connectivity index (χ1) is 11.4. The zero-order valence-electron chi connectivity index (χ0n) is 14.1. The van der Waals surface area contributed by atoms with E-state index < -0.39 is 9.84 Å². The van der Waals surface area contributed by atoms with E-state index >= 15 is 0 Å². The Balaban J connectivity index is 1.55. The Kier molecular flexibility index (Phi) is 5.12. The van der Waals surface area contributed by atoms with Crippen LogP contribution in [-0.2, 0) is 14.6 Å². The molecule has 1 aromatic heterocycles. The third kappa shape index (κ3) is 3.73. The van der Waals surface area contributed by atoms with Crippen LogP contribution in [0.15, 0.2) is 11.6 Å². The second-order valence-corrected chi connectivity index (χ2v) is 9.62. The van der Waals surface area contributed by atoms with Gasteiger partial charge in [-0.3, -0.25) is 9.69 Å². The molecule has 0 unspecified atom stereocenters. The number of thiazole rings is 1. The lowest BCUT2D eigenvalue weighted by atomic mass is 10.1. The smallest absolute Gasteiger partial charge is 0.239 e. The summed E-state index contributed by atoms with van der Waals surface area (Å²) >= 11 is 1.63. The lowest BCUT2D eigenvalue weighted by Gasteiger charge is -2.39. The van der Waals surface area contributed by atoms with Crippen molar-refractivity contribution in [3.8, 4) is 0 Å². The highest BCUT2D eigenvalue weighted by Crippen LogP contribution is 2.21. The van der Waals surface area contributed by atoms with Crippen LogP contribution < -0.4 is 4.90 Å². The van der Waals surface area contributed by atoms with Crippen LogP contribution in [0, 0.1) is 0 Å². The summed E-state index contributed by atoms with van der Waals surface area (Å²) in [5.41, 5.74) is 0. The number of carbonyl (C=O) groups is 1. The molecule has 2 saturated heterocycles. The average molecular weight is 373 g/mol. The average Bonchev–Trinajstić information content (AvgIpc) is 3.22. The Labute approximate surface area is 147 Å². The summed E-state index contributed by atoms with van der Waals surface area (Å²) in [5, 5.41) is 3.00. The Morgan fingerprint density at radius 2 is 2.08 bits per heavy atom. The predicted molar refractivity (Wildman–Crippen MR) is 95.2 cm³/mol. The third-order valence-electron chi connectivity index (χ3n) is 5.01. The van der Waals surface area contributed by atoms with E-state index in [-0.39, 0.29) is 29.5 Å². The van der Waals surface area contributed by atoms with Crippen LogP contribution in [-0.4, -0.2) is 85.9 Å². The van der Waals surface area contributed by atoms with E-state index in [1.165, 1.54) is 0 Å². The topological polar surface area (TPSA) is 73.8 Å². The van der Waals surface area contributed by atoms with Crippen molar-refractivity contribution < 1.29 is 13.2 Å². The van der Waals surface area contributed by atoms with E-state index in [2.05, 4.69) is 14.8 Å². The van der Waals surface area contributed by atoms with Gasteiger partial charge in [-0.15, -0.1) is 11.3 Å². The molecule has 0 spiro atoms. The Hall–Kier alpha value is -1.19. The van der Waals surface area contributed by atoms with Gasteiger partial charge in [0.25, 0.3) is 0 Å². The first-order valence-corrected chi connectivity index (χ1v) is 10.9. The molecule has 7 nitrogen and oxygen atoms in total. The molecule has 2 fully saturated rings. The summed E-state index contributed by atoms with van der Waals surface area (Å²) in [6.07, 6.45) is 2.36. The molecule has 134 valence electrons. The fourth-order valence-electron chi connectivity index (χ4n) is 3.38. The zero-order valence-corrected chi connectivity index (χ0v) is 15.7. The van der Waals surface area contributed by atoms with Crippen molar-refractivity contribution in [2.24, 2.45) is 0 Å². The Morgan fingerprint density at radius 3 is 2.62 bits per heavy atom. The SMILES string of the molecule is C[C@@H](C(=O)N(C)[C@@H]1CCS(=O)(=O)C1)N1CCN(c2nccs2)CC1. The maximum absolute atomic E-state index is 12.7. The van der Waals surface area contributed by atoms with Gasteiger partial charge >= 0.3 is 0 Å². The summed E-state index contributed by atoms with van der Waals surface area (Å²) in [5.74, 6) is 0.301. The Morgan fingerprint density at radius 1 is 1.38 bits per heavy atom. The van der Waals surface area contributed by atoms with Gasteiger partial charge in [0, 0.05) is 50.8 Å². The number of piperazine rings is 1. The van der Waals surface area contributed by atoms with Crippen LogP contribution in [0.25, 0.3) is 0 Å². The molecule has 0 bridgehead atoms. The molecule has 0 N–H and O–H groups in total. The molecule has 24 heavy (non-hydrogen) atoms. The van der Waals surface area contributed by atoms with Crippen LogP contribution >= 0.6 is 11.3 Å². The molecule has 9 heteroatoms. The molecule has 0 aromatic carbocycles. The molecular weight excluding hydrogens is 348 g/mol. The number of nitrogens with zero attached hydrogens (tertiary/aromatic N) is 4. The first-order valence-electron chi connectivity index (χ1n) is 8.23. The number of rotatable bonds is 4. The fraction of sp³-hybridized carbons (Fsp3) is 0.733. The third-order valence-corrected chi connectivity index (χ3v) is 7.60. The van der Waals surface area contributed by atoms with Crippen molar-refractivity contribution in [1.29, 1.82) is 0 Å². The van der Waals surface area contributed by atoms with Gasteiger partial charge in [-0.25, -0.2) is 13.4 Å². The Bertz CT molecular complexity index is 669. The minimum absolute atomic E-state index is 0.0137. The number of hydrogen-bond acceptors (Lipinski definition) is 7. The summed E-state index contributed by atoms with van der Waals surface area (Å²) in [7, 11) is -1.24. The number of hydrogen-bond donors (Lipinski definition) is 0. The molecule has 2 atom stereocenters. The number of aromatic nitrogens is 1. The molecule has 0 aliphatic carbocycles. The van der Waals surface area contributed by atoms with Gasteiger partial charge < -0.3 is 9.80 Å². The fourth-order valence-corrected chi connectivity index (χ4v) is 5.86. The maximum atomic E-state index is 12.7. The predicted octanol–water partition coefficient (Wildman–Crippen LogP) is 0.299. The first kappa shape index (κ1) is 17.6. The second-order valence-electron chi connectivity index (χ2n) is 6.52. The summed E-state index contributed by atoms with van der Waals surface area (Å²) in [4.78, 5) is 23.1. The highest BCUT2D eigenvalue weighted by atomic mass is 32.2. The highest BCUT2D eigenvalue weighted by Gasteiger charge is 2.36. The number of carbonyl (C=O) groups excluding carboxylic acids is 1. The van der Waals surface area contributed by atoms with Crippen molar-refractivity contribution in [3.63, 3.8) is 0 Å². The zero-order chi connectivity index (χ0) is 17.3. The number of anilines is 1. The minimum atomic E-state index is -2.98. The molecule has 3 heterocycles. The van der Waals surface area contributed by atoms with Gasteiger partial charge in [-0.2, -0.15) is 0 Å². The van der Waals surface area contributed by atoms with Gasteiger partial charge in [0.15, 0.2) is 15.0 Å². The van der Waals surface area contributed by atoms with Crippen LogP contribution in [0.3, 0.4) is 0 Å². The van der Waals surface area contributed by atoms with E-state index in [9.17, 15) is 13.2 Å². The van der Waals surface area contributed by atoms with Crippen molar-refractivity contribution in [2.75, 3.05) is 49.6 Å². The minimum Gasteiger partial charge on any atom is -0.346 e. The van der Waals surface area contributed by atoms with Gasteiger partial charge in [-0.1, -0.05) is 0 Å². The van der Waals surface area contributed by atoms with E-state index in [0.29, 0.717) is 6.42 Å². The molecule has 1 aromatic rings. The molecule has 1 amide bonds. The quantitative estimate of drug-likeness (QED) is 0.757. The normalized spacial score (nSPS) is 25.6. The van der Waals surface area contributed by atoms with Gasteiger partial charge in [-0.05, 0) is 13.3 Å². The van der Waals surface area contributed by atoms with Crippen LogP contribution in [0.2, 0.25) is 0 Å². The molecule has 3 rings (SSSR count). The van der Waals surface area contributed by atoms with E-state index in [0.717, 1.165) is 31.3 Å². The van der Waals surface area contributed by atoms with Crippen LogP contribution in [0.1, 0.15) is 13.3 Å². The number of amides is 1. The summed E-state index contributed by atoms with van der Waals surface area (Å²) < 4.78 is 23.3. The van der Waals surface area contributed by atoms with Gasteiger partial charge in [0.2, 0.25) is 5.91 Å². The van der Waals surface area contributed by atoms with Crippen molar-refractivity contribution in [2.45, 2.75) is 25.4 Å². The standard InChI is InChI=1S/C15H24N4O3S2/c1-12(14(20)17(2)13-3-10-24(21,22)11-13)18-5-7-19(8-6-18)15-16-4-9-23-15/h4,9,12-13H,3,5-8,10-11H2,1-2H3/t12-,13+/m0/s1. The lowest BCUT2D eigenvalue weighted by molar-refractivity contribution is -0.136. The van der Waals surface area contributed by atoms with Crippen molar-refractivity contribution in [1.82, 2.24) is 14.8 Å². The second kappa shape index (κ2) is 6.97. The summed E-state index contributed by atoms with van der Waals surface area (Å²) in [6, 6.07) is -0.404. The van der Waals surface area contributed by atoms with Crippen LogP contribution in [0.5, 0.6) is 0 Å². The van der Waals surface area contributed by atoms with E-state index in [4.69, 9.17) is 0 Å². The molecule has 2 aliphatic rings. The lowest BCUT2D eigenvalue weighted by Crippen LogP contribution is -2.55. The van der Waals surface area contributed by atoms with E-state index in [1.807, 2.05) is 18.5 Å². The van der Waals surface area contributed by atoms with Crippen LogP contribution in [0.4, 0.5) is 5.13 Å². The summed E-state index contributed by atoms with van der Waals surface area (Å²) in [6.45, 7) is 5.24. The number of likely N-dealkylation sites (N-methyl/N-ethyl adjacent to an activating group) is 1. The maximum Gasteiger partial charge on any atom is 0.239 e. The highest BCUT2D eigenvalue weighted by molar-refractivity contribution is 7.91.